The zero-order valence-electron chi connectivity index (χ0n) is 18.8. The third-order valence-electron chi connectivity index (χ3n) is 5.69. The number of rotatable bonds is 5. The quantitative estimate of drug-likeness (QED) is 0.294. The van der Waals surface area contributed by atoms with E-state index in [1.165, 1.54) is 29.2 Å². The summed E-state index contributed by atoms with van der Waals surface area (Å²) in [5, 5.41) is 0.551. The molecule has 1 amide bonds. The van der Waals surface area contributed by atoms with Gasteiger partial charge in [0.2, 0.25) is 15.6 Å². The largest absolute Gasteiger partial charge is 0.310 e. The third-order valence-corrected chi connectivity index (χ3v) is 7.72. The molecular weight excluding hydrogens is 503 g/mol. The third kappa shape index (κ3) is 4.23. The molecule has 0 saturated heterocycles. The summed E-state index contributed by atoms with van der Waals surface area (Å²) in [6.45, 7) is 0. The molecule has 0 N–H and O–H groups in total. The predicted molar refractivity (Wildman–Crippen MR) is 134 cm³/mol. The summed E-state index contributed by atoms with van der Waals surface area (Å²) in [5.41, 5.74) is 1.79. The molecule has 0 aliphatic carbocycles. The van der Waals surface area contributed by atoms with Crippen molar-refractivity contribution in [2.75, 3.05) is 11.9 Å². The average molecular weight is 521 g/mol. The minimum absolute atomic E-state index is 0.0194. The van der Waals surface area contributed by atoms with Crippen molar-refractivity contribution >= 4 is 38.8 Å². The number of imidazole rings is 1. The molecular formula is C26H18ClFN4O3S. The van der Waals surface area contributed by atoms with Gasteiger partial charge in [0.25, 0.3) is 5.91 Å². The van der Waals surface area contributed by atoms with E-state index in [1.54, 1.807) is 66.3 Å². The molecule has 0 saturated carbocycles. The topological polar surface area (TPSA) is 84.6 Å². The van der Waals surface area contributed by atoms with Crippen LogP contribution in [0.5, 0.6) is 0 Å². The Bertz CT molecular complexity index is 1680. The number of aromatic nitrogens is 3. The van der Waals surface area contributed by atoms with Crippen LogP contribution in [0, 0.1) is 5.82 Å². The number of amides is 1. The van der Waals surface area contributed by atoms with Gasteiger partial charge in [-0.15, -0.1) is 0 Å². The SMILES string of the molecule is CN(C(=O)c1c(-c2ccc(S(=O)(=O)c3ccc(F)cc3)cc2)nc2ncccn12)c1ccc(Cl)cc1. The number of fused-ring (bicyclic) bond motifs is 1. The Kier molecular flexibility index (Phi) is 6.03. The maximum Gasteiger partial charge on any atom is 0.277 e. The lowest BCUT2D eigenvalue weighted by atomic mass is 10.1. The first-order valence-electron chi connectivity index (χ1n) is 10.7. The van der Waals surface area contributed by atoms with Crippen LogP contribution in [0.15, 0.2) is 101 Å². The van der Waals surface area contributed by atoms with E-state index >= 15 is 0 Å². The van der Waals surface area contributed by atoms with Gasteiger partial charge in [-0.05, 0) is 66.7 Å². The van der Waals surface area contributed by atoms with Crippen LogP contribution in [0.25, 0.3) is 17.0 Å². The molecule has 0 aliphatic rings. The summed E-state index contributed by atoms with van der Waals surface area (Å²) in [6.07, 6.45) is 3.26. The van der Waals surface area contributed by atoms with Crippen LogP contribution < -0.4 is 4.90 Å². The molecule has 5 aromatic rings. The highest BCUT2D eigenvalue weighted by atomic mass is 35.5. The summed E-state index contributed by atoms with van der Waals surface area (Å²) < 4.78 is 40.7. The average Bonchev–Trinajstić information content (AvgIpc) is 3.28. The first-order valence-corrected chi connectivity index (χ1v) is 12.6. The monoisotopic (exact) mass is 520 g/mol. The molecule has 10 heteroatoms. The van der Waals surface area contributed by atoms with E-state index in [4.69, 9.17) is 11.6 Å². The van der Waals surface area contributed by atoms with E-state index in [-0.39, 0.29) is 21.4 Å². The summed E-state index contributed by atoms with van der Waals surface area (Å²) in [4.78, 5) is 23.9. The van der Waals surface area contributed by atoms with Gasteiger partial charge in [0.15, 0.2) is 0 Å². The van der Waals surface area contributed by atoms with Gasteiger partial charge in [-0.1, -0.05) is 23.7 Å². The first-order chi connectivity index (χ1) is 17.3. The maximum atomic E-state index is 13.6. The summed E-state index contributed by atoms with van der Waals surface area (Å²) in [7, 11) is -2.21. The van der Waals surface area contributed by atoms with Crippen LogP contribution in [0.4, 0.5) is 10.1 Å². The van der Waals surface area contributed by atoms with Gasteiger partial charge < -0.3 is 4.90 Å². The highest BCUT2D eigenvalue weighted by Crippen LogP contribution is 2.29. The normalized spacial score (nSPS) is 11.5. The Morgan fingerprint density at radius 1 is 0.944 bits per heavy atom. The number of hydrogen-bond acceptors (Lipinski definition) is 5. The molecule has 0 bridgehead atoms. The van der Waals surface area contributed by atoms with Gasteiger partial charge >= 0.3 is 0 Å². The van der Waals surface area contributed by atoms with Crippen LogP contribution in [0.3, 0.4) is 0 Å². The number of sulfone groups is 1. The van der Waals surface area contributed by atoms with E-state index in [0.29, 0.717) is 27.7 Å². The van der Waals surface area contributed by atoms with Crippen molar-refractivity contribution in [1.82, 2.24) is 14.4 Å². The minimum atomic E-state index is -3.85. The molecule has 2 heterocycles. The zero-order chi connectivity index (χ0) is 25.4. The van der Waals surface area contributed by atoms with Crippen molar-refractivity contribution in [2.24, 2.45) is 0 Å². The Morgan fingerprint density at radius 2 is 1.56 bits per heavy atom. The Labute approximate surface area is 211 Å². The zero-order valence-corrected chi connectivity index (χ0v) is 20.4. The highest BCUT2D eigenvalue weighted by molar-refractivity contribution is 7.91. The van der Waals surface area contributed by atoms with E-state index in [9.17, 15) is 17.6 Å². The molecule has 2 aromatic heterocycles. The van der Waals surface area contributed by atoms with Crippen LogP contribution >= 0.6 is 11.6 Å². The lowest BCUT2D eigenvalue weighted by molar-refractivity contribution is 0.0988. The van der Waals surface area contributed by atoms with Gasteiger partial charge in [-0.2, -0.15) is 0 Å². The number of carbonyl (C=O) groups excluding carboxylic acids is 1. The van der Waals surface area contributed by atoms with Crippen LogP contribution in [-0.4, -0.2) is 35.7 Å². The van der Waals surface area contributed by atoms with Gasteiger partial charge in [-0.3, -0.25) is 9.20 Å². The highest BCUT2D eigenvalue weighted by Gasteiger charge is 2.25. The van der Waals surface area contributed by atoms with Gasteiger partial charge in [0.05, 0.1) is 9.79 Å². The van der Waals surface area contributed by atoms with Crippen LogP contribution in [0.2, 0.25) is 5.02 Å². The minimum Gasteiger partial charge on any atom is -0.310 e. The van der Waals surface area contributed by atoms with E-state index < -0.39 is 15.7 Å². The molecule has 0 radical (unpaired) electrons. The smallest absolute Gasteiger partial charge is 0.277 e. The van der Waals surface area contributed by atoms with Gasteiger partial charge in [0, 0.05) is 35.7 Å². The second kappa shape index (κ2) is 9.18. The number of benzene rings is 3. The maximum absolute atomic E-state index is 13.6. The number of nitrogens with zero attached hydrogens (tertiary/aromatic N) is 4. The summed E-state index contributed by atoms with van der Waals surface area (Å²) in [5.74, 6) is -0.537. The van der Waals surface area contributed by atoms with Gasteiger partial charge in [0.1, 0.15) is 17.2 Å². The fourth-order valence-electron chi connectivity index (χ4n) is 3.78. The lowest BCUT2D eigenvalue weighted by Crippen LogP contribution is -2.28. The number of hydrogen-bond donors (Lipinski definition) is 0. The van der Waals surface area contributed by atoms with E-state index in [1.807, 2.05) is 0 Å². The lowest BCUT2D eigenvalue weighted by Gasteiger charge is -2.18. The molecule has 0 unspecified atom stereocenters. The fourth-order valence-corrected chi connectivity index (χ4v) is 5.16. The van der Waals surface area contributed by atoms with Crippen molar-refractivity contribution in [2.45, 2.75) is 9.79 Å². The summed E-state index contributed by atoms with van der Waals surface area (Å²) in [6, 6.07) is 19.2. The molecule has 0 fully saturated rings. The van der Waals surface area contributed by atoms with Crippen molar-refractivity contribution in [1.29, 1.82) is 0 Å². The molecule has 5 rings (SSSR count). The molecule has 180 valence electrons. The standard InChI is InChI=1S/C26H18ClFN4O3S/c1-31(20-9-5-18(27)6-10-20)25(33)24-23(30-26-29-15-2-16-32(24)26)17-3-11-21(12-4-17)36(34,35)22-13-7-19(28)8-14-22/h2-16H,1H3. The Balaban J connectivity index is 1.57. The van der Waals surface area contributed by atoms with E-state index in [0.717, 1.165) is 12.1 Å². The van der Waals surface area contributed by atoms with Crippen LogP contribution in [-0.2, 0) is 9.84 Å². The number of halogens is 2. The second-order valence-corrected chi connectivity index (χ2v) is 10.3. The second-order valence-electron chi connectivity index (χ2n) is 7.92. The molecule has 36 heavy (non-hydrogen) atoms. The summed E-state index contributed by atoms with van der Waals surface area (Å²) >= 11 is 5.98. The predicted octanol–water partition coefficient (Wildman–Crippen LogP) is 5.30. The van der Waals surface area contributed by atoms with Crippen molar-refractivity contribution in [3.63, 3.8) is 0 Å². The van der Waals surface area contributed by atoms with Crippen molar-refractivity contribution in [3.8, 4) is 11.3 Å². The number of carbonyl (C=O) groups is 1. The van der Waals surface area contributed by atoms with Crippen LogP contribution in [0.1, 0.15) is 10.5 Å². The Hall–Kier alpha value is -4.08. The van der Waals surface area contributed by atoms with E-state index in [2.05, 4.69) is 9.97 Å². The van der Waals surface area contributed by atoms with Crippen molar-refractivity contribution in [3.05, 3.63) is 108 Å². The fraction of sp³-hybridized carbons (Fsp3) is 0.0385. The first kappa shape index (κ1) is 23.7. The van der Waals surface area contributed by atoms with Crippen molar-refractivity contribution < 1.29 is 17.6 Å². The number of anilines is 1. The molecule has 0 spiro atoms. The Morgan fingerprint density at radius 3 is 2.19 bits per heavy atom. The molecule has 0 aliphatic heterocycles. The van der Waals surface area contributed by atoms with Gasteiger partial charge in [-0.25, -0.2) is 22.8 Å². The molecule has 0 atom stereocenters. The molecule has 3 aromatic carbocycles. The molecule has 7 nitrogen and oxygen atoms in total.